The molecule has 0 radical (unpaired) electrons. The SMILES string of the molecule is CCOC(=O)C(C(=O)OCC)C1CCCC(OC)C1. The first-order valence-corrected chi connectivity index (χ1v) is 7.00. The van der Waals surface area contributed by atoms with Crippen LogP contribution >= 0.6 is 0 Å². The number of ether oxygens (including phenoxy) is 3. The van der Waals surface area contributed by atoms with Crippen LogP contribution in [0.1, 0.15) is 39.5 Å². The Kier molecular flexibility index (Phi) is 6.84. The second-order valence-corrected chi connectivity index (χ2v) is 4.77. The lowest BCUT2D eigenvalue weighted by Crippen LogP contribution is -2.38. The van der Waals surface area contributed by atoms with Gasteiger partial charge in [0, 0.05) is 7.11 Å². The zero-order chi connectivity index (χ0) is 14.3. The molecule has 0 aromatic rings. The molecule has 2 unspecified atom stereocenters. The normalized spacial score (nSPS) is 23.2. The highest BCUT2D eigenvalue weighted by atomic mass is 16.6. The van der Waals surface area contributed by atoms with Crippen molar-refractivity contribution in [1.29, 1.82) is 0 Å². The standard InChI is InChI=1S/C14H24O5/c1-4-18-13(15)12(14(16)19-5-2)10-7-6-8-11(9-10)17-3/h10-12H,4-9H2,1-3H3. The Balaban J connectivity index is 2.76. The van der Waals surface area contributed by atoms with Gasteiger partial charge in [0.15, 0.2) is 5.92 Å². The molecular formula is C14H24O5. The highest BCUT2D eigenvalue weighted by Gasteiger charge is 2.39. The molecule has 0 bridgehead atoms. The van der Waals surface area contributed by atoms with Gasteiger partial charge in [-0.15, -0.1) is 0 Å². The molecule has 1 aliphatic carbocycles. The predicted octanol–water partition coefficient (Wildman–Crippen LogP) is 1.93. The molecule has 1 aliphatic rings. The third kappa shape index (κ3) is 4.49. The molecule has 0 aliphatic heterocycles. The minimum Gasteiger partial charge on any atom is -0.465 e. The van der Waals surface area contributed by atoms with E-state index in [1.807, 2.05) is 0 Å². The van der Waals surface area contributed by atoms with Crippen LogP contribution in [-0.4, -0.2) is 38.4 Å². The first-order chi connectivity index (χ1) is 9.13. The molecule has 1 saturated carbocycles. The Morgan fingerprint density at radius 2 is 1.68 bits per heavy atom. The van der Waals surface area contributed by atoms with E-state index in [4.69, 9.17) is 14.2 Å². The molecule has 0 saturated heterocycles. The van der Waals surface area contributed by atoms with Crippen molar-refractivity contribution in [2.75, 3.05) is 20.3 Å². The van der Waals surface area contributed by atoms with E-state index < -0.39 is 17.9 Å². The van der Waals surface area contributed by atoms with Crippen LogP contribution in [0.4, 0.5) is 0 Å². The number of carbonyl (C=O) groups is 2. The minimum atomic E-state index is -0.808. The van der Waals surface area contributed by atoms with Crippen molar-refractivity contribution in [3.8, 4) is 0 Å². The Bertz CT molecular complexity index is 284. The van der Waals surface area contributed by atoms with Crippen LogP contribution in [0.25, 0.3) is 0 Å². The second-order valence-electron chi connectivity index (χ2n) is 4.77. The fourth-order valence-corrected chi connectivity index (χ4v) is 2.64. The number of carbonyl (C=O) groups excluding carboxylic acids is 2. The lowest BCUT2D eigenvalue weighted by Gasteiger charge is -2.31. The van der Waals surface area contributed by atoms with Crippen LogP contribution in [0.15, 0.2) is 0 Å². The molecule has 110 valence electrons. The smallest absolute Gasteiger partial charge is 0.320 e. The summed E-state index contributed by atoms with van der Waals surface area (Å²) in [6.07, 6.45) is 3.59. The van der Waals surface area contributed by atoms with Crippen LogP contribution in [0.5, 0.6) is 0 Å². The predicted molar refractivity (Wildman–Crippen MR) is 69.5 cm³/mol. The first-order valence-electron chi connectivity index (χ1n) is 7.00. The van der Waals surface area contributed by atoms with E-state index in [2.05, 4.69) is 0 Å². The van der Waals surface area contributed by atoms with Gasteiger partial charge in [0.05, 0.1) is 19.3 Å². The van der Waals surface area contributed by atoms with Crippen LogP contribution in [0.3, 0.4) is 0 Å². The summed E-state index contributed by atoms with van der Waals surface area (Å²) in [6, 6.07) is 0. The van der Waals surface area contributed by atoms with E-state index in [9.17, 15) is 9.59 Å². The van der Waals surface area contributed by atoms with Crippen LogP contribution in [0.2, 0.25) is 0 Å². The highest BCUT2D eigenvalue weighted by Crippen LogP contribution is 2.33. The quantitative estimate of drug-likeness (QED) is 0.546. The van der Waals surface area contributed by atoms with E-state index >= 15 is 0 Å². The van der Waals surface area contributed by atoms with Gasteiger partial charge in [0.2, 0.25) is 0 Å². The van der Waals surface area contributed by atoms with Crippen molar-refractivity contribution in [2.45, 2.75) is 45.6 Å². The molecule has 1 fully saturated rings. The fraction of sp³-hybridized carbons (Fsp3) is 0.857. The summed E-state index contributed by atoms with van der Waals surface area (Å²) in [5.74, 6) is -1.79. The van der Waals surface area contributed by atoms with Gasteiger partial charge in [-0.1, -0.05) is 6.42 Å². The molecule has 0 amide bonds. The first kappa shape index (κ1) is 16.0. The Morgan fingerprint density at radius 3 is 2.16 bits per heavy atom. The third-order valence-corrected chi connectivity index (χ3v) is 3.55. The van der Waals surface area contributed by atoms with E-state index in [0.29, 0.717) is 6.42 Å². The number of hydrogen-bond donors (Lipinski definition) is 0. The Morgan fingerprint density at radius 1 is 1.11 bits per heavy atom. The summed E-state index contributed by atoms with van der Waals surface area (Å²) < 4.78 is 15.4. The Hall–Kier alpha value is -1.10. The van der Waals surface area contributed by atoms with Gasteiger partial charge in [-0.2, -0.15) is 0 Å². The average Bonchev–Trinajstić information content (AvgIpc) is 2.40. The lowest BCUT2D eigenvalue weighted by molar-refractivity contribution is -0.165. The number of hydrogen-bond acceptors (Lipinski definition) is 5. The van der Waals surface area contributed by atoms with Gasteiger partial charge in [-0.25, -0.2) is 0 Å². The van der Waals surface area contributed by atoms with Crippen molar-refractivity contribution in [3.63, 3.8) is 0 Å². The van der Waals surface area contributed by atoms with Gasteiger partial charge in [-0.3, -0.25) is 9.59 Å². The molecule has 1 rings (SSSR count). The van der Waals surface area contributed by atoms with Gasteiger partial charge in [0.1, 0.15) is 0 Å². The van der Waals surface area contributed by atoms with E-state index in [1.54, 1.807) is 21.0 Å². The average molecular weight is 272 g/mol. The van der Waals surface area contributed by atoms with E-state index in [1.165, 1.54) is 0 Å². The van der Waals surface area contributed by atoms with Gasteiger partial charge in [0.25, 0.3) is 0 Å². The second kappa shape index (κ2) is 8.15. The molecule has 0 aromatic carbocycles. The number of rotatable bonds is 6. The summed E-state index contributed by atoms with van der Waals surface area (Å²) in [5.41, 5.74) is 0. The zero-order valence-corrected chi connectivity index (χ0v) is 12.0. The lowest BCUT2D eigenvalue weighted by atomic mass is 9.78. The summed E-state index contributed by atoms with van der Waals surface area (Å²) in [5, 5.41) is 0. The van der Waals surface area contributed by atoms with Gasteiger partial charge < -0.3 is 14.2 Å². The fourth-order valence-electron chi connectivity index (χ4n) is 2.64. The maximum absolute atomic E-state index is 12.0. The molecule has 2 atom stereocenters. The summed E-state index contributed by atoms with van der Waals surface area (Å²) >= 11 is 0. The van der Waals surface area contributed by atoms with E-state index in [0.717, 1.165) is 19.3 Å². The molecule has 0 aromatic heterocycles. The minimum absolute atomic E-state index is 0.0446. The van der Waals surface area contributed by atoms with Crippen LogP contribution in [0, 0.1) is 11.8 Å². The third-order valence-electron chi connectivity index (χ3n) is 3.55. The molecule has 5 nitrogen and oxygen atoms in total. The molecular weight excluding hydrogens is 248 g/mol. The van der Waals surface area contributed by atoms with Crippen molar-refractivity contribution in [3.05, 3.63) is 0 Å². The zero-order valence-electron chi connectivity index (χ0n) is 12.0. The molecule has 0 heterocycles. The summed E-state index contributed by atoms with van der Waals surface area (Å²) in [7, 11) is 1.66. The van der Waals surface area contributed by atoms with Crippen LogP contribution in [-0.2, 0) is 23.8 Å². The largest absolute Gasteiger partial charge is 0.465 e. The number of methoxy groups -OCH3 is 1. The van der Waals surface area contributed by atoms with Gasteiger partial charge >= 0.3 is 11.9 Å². The van der Waals surface area contributed by atoms with Crippen LogP contribution < -0.4 is 0 Å². The topological polar surface area (TPSA) is 61.8 Å². The maximum Gasteiger partial charge on any atom is 0.320 e. The summed E-state index contributed by atoms with van der Waals surface area (Å²) in [4.78, 5) is 24.0. The number of esters is 2. The van der Waals surface area contributed by atoms with Crippen molar-refractivity contribution < 1.29 is 23.8 Å². The molecule has 5 heteroatoms. The van der Waals surface area contributed by atoms with Crippen molar-refractivity contribution in [1.82, 2.24) is 0 Å². The maximum atomic E-state index is 12.0. The van der Waals surface area contributed by atoms with Crippen molar-refractivity contribution in [2.24, 2.45) is 11.8 Å². The molecule has 19 heavy (non-hydrogen) atoms. The summed E-state index contributed by atoms with van der Waals surface area (Å²) in [6.45, 7) is 4.02. The molecule has 0 spiro atoms. The monoisotopic (exact) mass is 272 g/mol. The van der Waals surface area contributed by atoms with E-state index in [-0.39, 0.29) is 25.2 Å². The van der Waals surface area contributed by atoms with Crippen molar-refractivity contribution >= 4 is 11.9 Å². The molecule has 0 N–H and O–H groups in total. The van der Waals surface area contributed by atoms with Gasteiger partial charge in [-0.05, 0) is 39.0 Å². The highest BCUT2D eigenvalue weighted by molar-refractivity contribution is 5.95. The Labute approximate surface area is 114 Å².